The normalized spacial score (nSPS) is 15.8. The van der Waals surface area contributed by atoms with Gasteiger partial charge in [-0.3, -0.25) is 14.4 Å². The van der Waals surface area contributed by atoms with Gasteiger partial charge in [-0.2, -0.15) is 0 Å². The number of benzene rings is 1. The maximum atomic E-state index is 15.2. The summed E-state index contributed by atoms with van der Waals surface area (Å²) in [6.45, 7) is 7.50. The van der Waals surface area contributed by atoms with Crippen LogP contribution in [-0.4, -0.2) is 39.9 Å². The number of H-pyrrole nitrogens is 1. The highest BCUT2D eigenvalue weighted by molar-refractivity contribution is 6.31. The summed E-state index contributed by atoms with van der Waals surface area (Å²) >= 11 is 12.0. The number of amides is 2. The van der Waals surface area contributed by atoms with Gasteiger partial charge in [-0.15, -0.1) is 0 Å². The number of aromatic amines is 1. The van der Waals surface area contributed by atoms with Gasteiger partial charge in [0.05, 0.1) is 22.2 Å². The molecule has 0 bridgehead atoms. The average molecular weight is 512 g/mol. The van der Waals surface area contributed by atoms with Crippen molar-refractivity contribution in [3.8, 4) is 5.75 Å². The van der Waals surface area contributed by atoms with Crippen LogP contribution < -0.4 is 10.9 Å². The van der Waals surface area contributed by atoms with Gasteiger partial charge in [0.2, 0.25) is 5.91 Å². The van der Waals surface area contributed by atoms with Crippen LogP contribution in [0.4, 0.5) is 4.39 Å². The molecule has 1 aliphatic rings. The van der Waals surface area contributed by atoms with E-state index in [0.29, 0.717) is 31.5 Å². The Morgan fingerprint density at radius 1 is 1.24 bits per heavy atom. The monoisotopic (exact) mass is 511 g/mol. The summed E-state index contributed by atoms with van der Waals surface area (Å²) in [5.74, 6) is -1.89. The van der Waals surface area contributed by atoms with Crippen LogP contribution in [0.15, 0.2) is 23.1 Å². The fourth-order valence-corrected chi connectivity index (χ4v) is 4.36. The van der Waals surface area contributed by atoms with E-state index < -0.39 is 22.8 Å². The number of carbonyl (C=O) groups excluding carboxylic acids is 2. The lowest BCUT2D eigenvalue weighted by molar-refractivity contribution is -0.129. The third kappa shape index (κ3) is 5.39. The number of nitrogens with zero attached hydrogens (tertiary/aromatic N) is 1. The van der Waals surface area contributed by atoms with Crippen LogP contribution in [0.1, 0.15) is 61.1 Å². The van der Waals surface area contributed by atoms with E-state index in [2.05, 4.69) is 10.3 Å². The molecule has 0 radical (unpaired) electrons. The Hall–Kier alpha value is -2.58. The Kier molecular flexibility index (Phi) is 7.62. The SMILES string of the molecule is Cc1cc(O)c([C@H](NC(=O)C(C)(C)C)C2CCN(C(=O)c3c[nH]c(=O)c(Cl)c3)CC2)c(F)c1Cl. The van der Waals surface area contributed by atoms with Gasteiger partial charge in [-0.25, -0.2) is 4.39 Å². The van der Waals surface area contributed by atoms with Gasteiger partial charge in [-0.05, 0) is 43.4 Å². The van der Waals surface area contributed by atoms with Gasteiger partial charge in [0.15, 0.2) is 5.82 Å². The lowest BCUT2D eigenvalue weighted by Gasteiger charge is -2.38. The quantitative estimate of drug-likeness (QED) is 0.558. The molecule has 1 aliphatic heterocycles. The third-order valence-corrected chi connectivity index (χ3v) is 6.83. The average Bonchev–Trinajstić information content (AvgIpc) is 2.77. The molecule has 184 valence electrons. The minimum absolute atomic E-state index is 0.0506. The zero-order valence-corrected chi connectivity index (χ0v) is 21.0. The maximum absolute atomic E-state index is 15.2. The summed E-state index contributed by atoms with van der Waals surface area (Å²) in [6, 6.07) is 1.88. The molecule has 10 heteroatoms. The van der Waals surface area contributed by atoms with Crippen LogP contribution in [0.25, 0.3) is 0 Å². The molecular formula is C24H28Cl2FN3O4. The first-order valence-corrected chi connectivity index (χ1v) is 11.7. The molecule has 3 N–H and O–H groups in total. The van der Waals surface area contributed by atoms with E-state index in [1.165, 1.54) is 18.3 Å². The van der Waals surface area contributed by atoms with Crippen molar-refractivity contribution < 1.29 is 19.1 Å². The number of nitrogens with one attached hydrogen (secondary N) is 2. The van der Waals surface area contributed by atoms with Crippen LogP contribution in [0, 0.1) is 24.1 Å². The molecule has 0 saturated carbocycles. The Balaban J connectivity index is 1.87. The lowest BCUT2D eigenvalue weighted by Crippen LogP contribution is -2.45. The van der Waals surface area contributed by atoms with Crippen molar-refractivity contribution in [1.29, 1.82) is 0 Å². The first-order chi connectivity index (χ1) is 15.8. The van der Waals surface area contributed by atoms with Crippen molar-refractivity contribution >= 4 is 35.0 Å². The third-order valence-electron chi connectivity index (χ3n) is 6.09. The number of halogens is 3. The molecule has 1 fully saturated rings. The number of aryl methyl sites for hydroxylation is 1. The highest BCUT2D eigenvalue weighted by Gasteiger charge is 2.36. The van der Waals surface area contributed by atoms with Crippen molar-refractivity contribution in [2.45, 2.75) is 46.6 Å². The molecule has 1 atom stereocenters. The second kappa shape index (κ2) is 9.96. The van der Waals surface area contributed by atoms with E-state index in [1.807, 2.05) is 0 Å². The first kappa shape index (κ1) is 26.0. The van der Waals surface area contributed by atoms with E-state index in [4.69, 9.17) is 23.2 Å². The number of aromatic nitrogens is 1. The molecule has 0 spiro atoms. The molecule has 1 aromatic heterocycles. The van der Waals surface area contributed by atoms with Gasteiger partial charge in [0.1, 0.15) is 10.8 Å². The van der Waals surface area contributed by atoms with Crippen LogP contribution in [0.5, 0.6) is 5.75 Å². The smallest absolute Gasteiger partial charge is 0.266 e. The number of hydrogen-bond donors (Lipinski definition) is 3. The summed E-state index contributed by atoms with van der Waals surface area (Å²) < 4.78 is 15.2. The zero-order valence-electron chi connectivity index (χ0n) is 19.5. The second-order valence-electron chi connectivity index (χ2n) is 9.65. The number of phenols is 1. The standard InChI is InChI=1S/C24H28Cl2FN3O4/c1-12-9-16(31)17(19(27)18(12)26)20(29-23(34)24(2,3)4)13-5-7-30(8-6-13)22(33)14-10-15(25)21(32)28-11-14/h9-11,13,20,31H,5-8H2,1-4H3,(H,28,32)(H,29,34)/t20-/m1/s1. The van der Waals surface area contributed by atoms with Crippen molar-refractivity contribution in [3.05, 3.63) is 61.2 Å². The Morgan fingerprint density at radius 2 is 1.85 bits per heavy atom. The molecule has 2 heterocycles. The molecule has 0 aliphatic carbocycles. The van der Waals surface area contributed by atoms with Crippen LogP contribution in [0.3, 0.4) is 0 Å². The largest absolute Gasteiger partial charge is 0.507 e. The Bertz CT molecular complexity index is 1170. The van der Waals surface area contributed by atoms with E-state index in [1.54, 1.807) is 32.6 Å². The Morgan fingerprint density at radius 3 is 2.41 bits per heavy atom. The molecule has 3 rings (SSSR count). The van der Waals surface area contributed by atoms with Gasteiger partial charge >= 0.3 is 0 Å². The molecule has 2 amide bonds. The van der Waals surface area contributed by atoms with E-state index in [9.17, 15) is 19.5 Å². The minimum atomic E-state index is -0.829. The molecular weight excluding hydrogens is 484 g/mol. The molecule has 2 aromatic rings. The number of aromatic hydroxyl groups is 1. The predicted octanol–water partition coefficient (Wildman–Crippen LogP) is 4.59. The number of carbonyl (C=O) groups is 2. The zero-order chi connectivity index (χ0) is 25.4. The van der Waals surface area contributed by atoms with Crippen molar-refractivity contribution in [1.82, 2.24) is 15.2 Å². The lowest BCUT2D eigenvalue weighted by atomic mass is 9.83. The predicted molar refractivity (Wildman–Crippen MR) is 129 cm³/mol. The molecule has 7 nitrogen and oxygen atoms in total. The van der Waals surface area contributed by atoms with Crippen LogP contribution >= 0.6 is 23.2 Å². The number of rotatable bonds is 4. The number of hydrogen-bond acceptors (Lipinski definition) is 4. The summed E-state index contributed by atoms with van der Waals surface area (Å²) in [7, 11) is 0. The van der Waals surface area contributed by atoms with Crippen molar-refractivity contribution in [2.75, 3.05) is 13.1 Å². The van der Waals surface area contributed by atoms with Gasteiger partial charge < -0.3 is 20.3 Å². The van der Waals surface area contributed by atoms with E-state index in [-0.39, 0.29) is 44.7 Å². The molecule has 34 heavy (non-hydrogen) atoms. The van der Waals surface area contributed by atoms with Crippen molar-refractivity contribution in [2.24, 2.45) is 11.3 Å². The van der Waals surface area contributed by atoms with Gasteiger partial charge in [0.25, 0.3) is 11.5 Å². The summed E-state index contributed by atoms with van der Waals surface area (Å²) in [4.78, 5) is 41.2. The van der Waals surface area contributed by atoms with Crippen LogP contribution in [-0.2, 0) is 4.79 Å². The van der Waals surface area contributed by atoms with Crippen LogP contribution in [0.2, 0.25) is 10.0 Å². The topological polar surface area (TPSA) is 102 Å². The van der Waals surface area contributed by atoms with Crippen molar-refractivity contribution in [3.63, 3.8) is 0 Å². The number of phenolic OH excluding ortho intramolecular Hbond substituents is 1. The fourth-order valence-electron chi connectivity index (χ4n) is 4.03. The fraction of sp³-hybridized carbons (Fsp3) is 0.458. The van der Waals surface area contributed by atoms with Gasteiger partial charge in [0, 0.05) is 24.7 Å². The summed E-state index contributed by atoms with van der Waals surface area (Å²) in [5.41, 5.74) is -0.617. The number of likely N-dealkylation sites (tertiary alicyclic amines) is 1. The highest BCUT2D eigenvalue weighted by Crippen LogP contribution is 2.40. The Labute approximate surface area is 207 Å². The highest BCUT2D eigenvalue weighted by atomic mass is 35.5. The first-order valence-electron chi connectivity index (χ1n) is 11.0. The number of pyridine rings is 1. The van der Waals surface area contributed by atoms with E-state index >= 15 is 4.39 Å². The maximum Gasteiger partial charge on any atom is 0.266 e. The summed E-state index contributed by atoms with van der Waals surface area (Å²) in [6.07, 6.45) is 2.21. The summed E-state index contributed by atoms with van der Waals surface area (Å²) in [5, 5.41) is 13.3. The number of piperidine rings is 1. The second-order valence-corrected chi connectivity index (χ2v) is 10.4. The van der Waals surface area contributed by atoms with Gasteiger partial charge in [-0.1, -0.05) is 44.0 Å². The minimum Gasteiger partial charge on any atom is -0.507 e. The molecule has 1 aromatic carbocycles. The van der Waals surface area contributed by atoms with E-state index in [0.717, 1.165) is 0 Å². The molecule has 1 saturated heterocycles. The molecule has 0 unspecified atom stereocenters.